The van der Waals surface area contributed by atoms with Gasteiger partial charge in [-0.2, -0.15) is 8.68 Å². The molecule has 160 valence electrons. The Bertz CT molecular complexity index is 1070. The van der Waals surface area contributed by atoms with Crippen LogP contribution in [0.4, 0.5) is 5.13 Å². The average molecular weight is 449 g/mol. The van der Waals surface area contributed by atoms with Crippen LogP contribution in [0, 0.1) is 0 Å². The minimum atomic E-state index is -3.57. The number of ether oxygens (including phenoxy) is 2. The fraction of sp³-hybridized carbons (Fsp3) is 0.300. The quantitative estimate of drug-likeness (QED) is 0.510. The standard InChI is InChI=1S/C20H24N4O4S2/c1-24(30(25,26)18-9-7-16(27-2)8-10-18)12-11-21-20-22-19(23-29-20)14-15-5-4-6-17(13-15)28-3/h4-10,13H,11-12,14H2,1-3H3,(H,21,22,23). The van der Waals surface area contributed by atoms with E-state index in [1.165, 1.54) is 35.1 Å². The summed E-state index contributed by atoms with van der Waals surface area (Å²) < 4.78 is 41.3. The lowest BCUT2D eigenvalue weighted by Gasteiger charge is -2.17. The van der Waals surface area contributed by atoms with Crippen LogP contribution in [-0.4, -0.2) is 56.4 Å². The maximum absolute atomic E-state index is 12.7. The maximum Gasteiger partial charge on any atom is 0.242 e. The lowest BCUT2D eigenvalue weighted by atomic mass is 10.1. The first kappa shape index (κ1) is 22.0. The van der Waals surface area contributed by atoms with Gasteiger partial charge >= 0.3 is 0 Å². The normalized spacial score (nSPS) is 11.5. The van der Waals surface area contributed by atoms with Gasteiger partial charge in [0, 0.05) is 38.1 Å². The zero-order valence-electron chi connectivity index (χ0n) is 17.0. The zero-order chi connectivity index (χ0) is 21.6. The van der Waals surface area contributed by atoms with Gasteiger partial charge in [-0.05, 0) is 42.0 Å². The topological polar surface area (TPSA) is 93.7 Å². The van der Waals surface area contributed by atoms with E-state index in [9.17, 15) is 8.42 Å². The molecule has 2 aromatic carbocycles. The molecular formula is C20H24N4O4S2. The number of likely N-dealkylation sites (N-methyl/N-ethyl adjacent to an activating group) is 1. The number of hydrogen-bond acceptors (Lipinski definition) is 8. The van der Waals surface area contributed by atoms with Gasteiger partial charge in [0.1, 0.15) is 17.3 Å². The molecule has 3 rings (SSSR count). The van der Waals surface area contributed by atoms with Crippen LogP contribution in [0.1, 0.15) is 11.4 Å². The van der Waals surface area contributed by atoms with Crippen LogP contribution in [0.15, 0.2) is 53.4 Å². The van der Waals surface area contributed by atoms with Crippen molar-refractivity contribution in [1.82, 2.24) is 13.7 Å². The lowest BCUT2D eigenvalue weighted by molar-refractivity contribution is 0.414. The molecule has 0 atom stereocenters. The van der Waals surface area contributed by atoms with Crippen molar-refractivity contribution in [3.63, 3.8) is 0 Å². The van der Waals surface area contributed by atoms with Crippen LogP contribution in [0.25, 0.3) is 0 Å². The summed E-state index contributed by atoms with van der Waals surface area (Å²) in [5, 5.41) is 3.80. The Balaban J connectivity index is 1.53. The van der Waals surface area contributed by atoms with Gasteiger partial charge in [0.2, 0.25) is 15.2 Å². The first-order valence-electron chi connectivity index (χ1n) is 9.22. The van der Waals surface area contributed by atoms with E-state index < -0.39 is 10.0 Å². The van der Waals surface area contributed by atoms with Gasteiger partial charge in [-0.15, -0.1) is 0 Å². The van der Waals surface area contributed by atoms with Gasteiger partial charge in [0.25, 0.3) is 0 Å². The summed E-state index contributed by atoms with van der Waals surface area (Å²) in [6, 6.07) is 14.1. The molecule has 0 radical (unpaired) electrons. The molecule has 0 saturated carbocycles. The number of aromatic nitrogens is 2. The second-order valence-corrected chi connectivity index (χ2v) is 9.27. The molecule has 0 saturated heterocycles. The summed E-state index contributed by atoms with van der Waals surface area (Å²) in [6.45, 7) is 0.707. The van der Waals surface area contributed by atoms with Crippen LogP contribution >= 0.6 is 11.5 Å². The Kier molecular flexibility index (Phi) is 7.24. The number of nitrogens with zero attached hydrogens (tertiary/aromatic N) is 3. The van der Waals surface area contributed by atoms with Crippen LogP contribution in [0.3, 0.4) is 0 Å². The Morgan fingerprint density at radius 1 is 1.07 bits per heavy atom. The molecule has 0 fully saturated rings. The highest BCUT2D eigenvalue weighted by atomic mass is 32.2. The molecule has 0 aliphatic heterocycles. The second kappa shape index (κ2) is 9.88. The summed E-state index contributed by atoms with van der Waals surface area (Å²) in [7, 11) is 1.16. The molecule has 0 aliphatic carbocycles. The molecule has 10 heteroatoms. The molecule has 30 heavy (non-hydrogen) atoms. The van der Waals surface area contributed by atoms with E-state index in [1.807, 2.05) is 24.3 Å². The molecule has 1 heterocycles. The van der Waals surface area contributed by atoms with Gasteiger partial charge in [-0.3, -0.25) is 0 Å². The second-order valence-electron chi connectivity index (χ2n) is 6.47. The highest BCUT2D eigenvalue weighted by Crippen LogP contribution is 2.19. The summed E-state index contributed by atoms with van der Waals surface area (Å²) in [6.07, 6.45) is 0.598. The van der Waals surface area contributed by atoms with Gasteiger partial charge in [0.05, 0.1) is 19.1 Å². The highest BCUT2D eigenvalue weighted by molar-refractivity contribution is 7.89. The van der Waals surface area contributed by atoms with Gasteiger partial charge in [-0.25, -0.2) is 13.4 Å². The SMILES string of the molecule is COc1ccc(S(=O)(=O)N(C)CCNc2nc(Cc3cccc(OC)c3)ns2)cc1. The van der Waals surface area contributed by atoms with E-state index in [2.05, 4.69) is 14.7 Å². The molecule has 0 bridgehead atoms. The van der Waals surface area contributed by atoms with Crippen LogP contribution in [-0.2, 0) is 16.4 Å². The first-order chi connectivity index (χ1) is 14.4. The van der Waals surface area contributed by atoms with E-state index in [0.717, 1.165) is 11.3 Å². The highest BCUT2D eigenvalue weighted by Gasteiger charge is 2.20. The molecule has 0 aliphatic rings. The fourth-order valence-electron chi connectivity index (χ4n) is 2.73. The Hall–Kier alpha value is -2.69. The van der Waals surface area contributed by atoms with Crippen molar-refractivity contribution >= 4 is 26.7 Å². The van der Waals surface area contributed by atoms with Gasteiger partial charge < -0.3 is 14.8 Å². The summed E-state index contributed by atoms with van der Waals surface area (Å²) >= 11 is 1.25. The van der Waals surface area contributed by atoms with E-state index in [0.29, 0.717) is 36.2 Å². The minimum Gasteiger partial charge on any atom is -0.497 e. The number of nitrogens with one attached hydrogen (secondary N) is 1. The molecule has 1 N–H and O–H groups in total. The molecule has 0 amide bonds. The number of sulfonamides is 1. The van der Waals surface area contributed by atoms with Crippen LogP contribution in [0.5, 0.6) is 11.5 Å². The Labute approximate surface area is 180 Å². The molecule has 1 aromatic heterocycles. The van der Waals surface area contributed by atoms with Crippen molar-refractivity contribution in [3.8, 4) is 11.5 Å². The number of rotatable bonds is 10. The summed E-state index contributed by atoms with van der Waals surface area (Å²) in [5.74, 6) is 2.11. The molecule has 0 unspecified atom stereocenters. The maximum atomic E-state index is 12.7. The first-order valence-corrected chi connectivity index (χ1v) is 11.4. The van der Waals surface area contributed by atoms with Gasteiger partial charge in [-0.1, -0.05) is 12.1 Å². The van der Waals surface area contributed by atoms with E-state index in [4.69, 9.17) is 9.47 Å². The number of benzene rings is 2. The average Bonchev–Trinajstić information content (AvgIpc) is 3.20. The predicted octanol–water partition coefficient (Wildman–Crippen LogP) is 2.88. The van der Waals surface area contributed by atoms with Gasteiger partial charge in [0.15, 0.2) is 0 Å². The van der Waals surface area contributed by atoms with Crippen molar-refractivity contribution in [2.75, 3.05) is 39.7 Å². The third-order valence-corrected chi connectivity index (χ3v) is 7.02. The number of hydrogen-bond donors (Lipinski definition) is 1. The third kappa shape index (κ3) is 5.47. The molecular weight excluding hydrogens is 424 g/mol. The van der Waals surface area contributed by atoms with E-state index in [1.54, 1.807) is 26.3 Å². The lowest BCUT2D eigenvalue weighted by Crippen LogP contribution is -2.31. The summed E-state index contributed by atoms with van der Waals surface area (Å²) in [5.41, 5.74) is 1.06. The van der Waals surface area contributed by atoms with E-state index in [-0.39, 0.29) is 4.90 Å². The van der Waals surface area contributed by atoms with Crippen molar-refractivity contribution in [2.24, 2.45) is 0 Å². The van der Waals surface area contributed by atoms with Crippen molar-refractivity contribution < 1.29 is 17.9 Å². The Morgan fingerprint density at radius 3 is 2.50 bits per heavy atom. The van der Waals surface area contributed by atoms with Crippen molar-refractivity contribution in [3.05, 3.63) is 59.9 Å². The van der Waals surface area contributed by atoms with E-state index >= 15 is 0 Å². The number of anilines is 1. The summed E-state index contributed by atoms with van der Waals surface area (Å²) in [4.78, 5) is 4.70. The zero-order valence-corrected chi connectivity index (χ0v) is 18.7. The van der Waals surface area contributed by atoms with Crippen LogP contribution in [0.2, 0.25) is 0 Å². The number of methoxy groups -OCH3 is 2. The fourth-order valence-corrected chi connectivity index (χ4v) is 4.51. The Morgan fingerprint density at radius 2 is 1.80 bits per heavy atom. The third-order valence-electron chi connectivity index (χ3n) is 4.44. The smallest absolute Gasteiger partial charge is 0.242 e. The van der Waals surface area contributed by atoms with Crippen LogP contribution < -0.4 is 14.8 Å². The molecule has 0 spiro atoms. The monoisotopic (exact) mass is 448 g/mol. The van der Waals surface area contributed by atoms with Crippen molar-refractivity contribution in [2.45, 2.75) is 11.3 Å². The largest absolute Gasteiger partial charge is 0.497 e. The van der Waals surface area contributed by atoms with Crippen molar-refractivity contribution in [1.29, 1.82) is 0 Å². The molecule has 3 aromatic rings. The predicted molar refractivity (Wildman–Crippen MR) is 117 cm³/mol. The molecule has 8 nitrogen and oxygen atoms in total. The minimum absolute atomic E-state index is 0.224.